The lowest BCUT2D eigenvalue weighted by Gasteiger charge is -2.31. The molecule has 27 heavy (non-hydrogen) atoms. The lowest BCUT2D eigenvalue weighted by Crippen LogP contribution is -2.39. The van der Waals surface area contributed by atoms with Crippen LogP contribution < -0.4 is 5.32 Å². The molecule has 1 amide bonds. The molecule has 150 valence electrons. The van der Waals surface area contributed by atoms with E-state index in [1.165, 1.54) is 0 Å². The Morgan fingerprint density at radius 1 is 1.26 bits per heavy atom. The number of carbonyl (C=O) groups excluding carboxylic acids is 1. The zero-order valence-corrected chi connectivity index (χ0v) is 17.8. The van der Waals surface area contributed by atoms with Crippen molar-refractivity contribution in [3.8, 4) is 0 Å². The number of aromatic nitrogens is 4. The molecule has 2 fully saturated rings. The summed E-state index contributed by atoms with van der Waals surface area (Å²) < 4.78 is 1.87. The molecule has 1 atom stereocenters. The van der Waals surface area contributed by atoms with Gasteiger partial charge in [0, 0.05) is 30.1 Å². The summed E-state index contributed by atoms with van der Waals surface area (Å²) in [4.78, 5) is 19.4. The number of likely N-dealkylation sites (tertiary alicyclic amines) is 1. The molecule has 1 unspecified atom stereocenters. The minimum Gasteiger partial charge on any atom is -0.337 e. The first-order valence-corrected chi connectivity index (χ1v) is 9.92. The van der Waals surface area contributed by atoms with Gasteiger partial charge in [-0.05, 0) is 45.7 Å². The summed E-state index contributed by atoms with van der Waals surface area (Å²) in [5, 5.41) is 15.0. The number of nitrogens with zero attached hydrogens (tertiary/aromatic N) is 5. The standard InChI is InChI=1S/C17H24N6OS.2ClH/c1-12-11-25-16(19-12)13-3-2-8-22(9-13)17(24)15-10-23(21-20-15)14-4-6-18-7-5-14;;/h10-11,13-14,18H,2-9H2,1H3;2*1H. The maximum atomic E-state index is 12.9. The number of rotatable bonds is 3. The lowest BCUT2D eigenvalue weighted by atomic mass is 9.98. The molecule has 0 aliphatic carbocycles. The van der Waals surface area contributed by atoms with Crippen LogP contribution in [0.1, 0.15) is 58.8 Å². The summed E-state index contributed by atoms with van der Waals surface area (Å²) in [6.07, 6.45) is 6.00. The van der Waals surface area contributed by atoms with Gasteiger partial charge in [-0.3, -0.25) is 4.79 Å². The topological polar surface area (TPSA) is 75.9 Å². The van der Waals surface area contributed by atoms with Crippen molar-refractivity contribution >= 4 is 42.1 Å². The minimum atomic E-state index is -0.00170. The highest BCUT2D eigenvalue weighted by molar-refractivity contribution is 7.09. The average molecular weight is 433 g/mol. The van der Waals surface area contributed by atoms with E-state index in [2.05, 4.69) is 26.0 Å². The fraction of sp³-hybridized carbons (Fsp3) is 0.647. The molecular weight excluding hydrogens is 407 g/mol. The summed E-state index contributed by atoms with van der Waals surface area (Å²) in [7, 11) is 0. The zero-order valence-electron chi connectivity index (χ0n) is 15.3. The minimum absolute atomic E-state index is 0. The van der Waals surface area contributed by atoms with Crippen LogP contribution in [0, 0.1) is 6.92 Å². The monoisotopic (exact) mass is 432 g/mol. The van der Waals surface area contributed by atoms with Gasteiger partial charge in [0.05, 0.1) is 17.2 Å². The number of nitrogens with one attached hydrogen (secondary N) is 1. The quantitative estimate of drug-likeness (QED) is 0.806. The predicted octanol–water partition coefficient (Wildman–Crippen LogP) is 2.83. The molecule has 2 aliphatic heterocycles. The number of aryl methyl sites for hydroxylation is 1. The fourth-order valence-corrected chi connectivity index (χ4v) is 4.63. The third kappa shape index (κ3) is 4.99. The summed E-state index contributed by atoms with van der Waals surface area (Å²) in [5.74, 6) is 0.342. The summed E-state index contributed by atoms with van der Waals surface area (Å²) in [6, 6.07) is 0.350. The SMILES string of the molecule is Cc1csc(C2CCCN(C(=O)c3cn(C4CCNCC4)nn3)C2)n1.Cl.Cl. The Kier molecular flexibility index (Phi) is 8.03. The Morgan fingerprint density at radius 2 is 2.04 bits per heavy atom. The molecule has 2 aromatic heterocycles. The molecule has 10 heteroatoms. The van der Waals surface area contributed by atoms with Crippen LogP contribution in [0.25, 0.3) is 0 Å². The van der Waals surface area contributed by atoms with Crippen LogP contribution in [-0.2, 0) is 0 Å². The second-order valence-electron chi connectivity index (χ2n) is 6.98. The average Bonchev–Trinajstić information content (AvgIpc) is 3.31. The summed E-state index contributed by atoms with van der Waals surface area (Å²) in [5.41, 5.74) is 1.53. The molecule has 0 bridgehead atoms. The van der Waals surface area contributed by atoms with E-state index in [-0.39, 0.29) is 30.7 Å². The molecule has 2 aliphatic rings. The second-order valence-corrected chi connectivity index (χ2v) is 7.87. The first-order valence-electron chi connectivity index (χ1n) is 9.04. The Bertz CT molecular complexity index is 745. The number of halogens is 2. The smallest absolute Gasteiger partial charge is 0.276 e. The van der Waals surface area contributed by atoms with Gasteiger partial charge in [0.25, 0.3) is 5.91 Å². The van der Waals surface area contributed by atoms with E-state index in [0.717, 1.165) is 62.6 Å². The van der Waals surface area contributed by atoms with Crippen LogP contribution in [0.2, 0.25) is 0 Å². The third-order valence-electron chi connectivity index (χ3n) is 5.11. The molecule has 4 heterocycles. The number of amides is 1. The number of thiazole rings is 1. The molecular formula is C17H26Cl2N6OS. The van der Waals surface area contributed by atoms with Gasteiger partial charge >= 0.3 is 0 Å². The molecule has 0 spiro atoms. The van der Waals surface area contributed by atoms with Crippen LogP contribution in [0.5, 0.6) is 0 Å². The molecule has 2 aromatic rings. The van der Waals surface area contributed by atoms with Crippen molar-refractivity contribution in [3.05, 3.63) is 28.0 Å². The van der Waals surface area contributed by atoms with E-state index in [4.69, 9.17) is 0 Å². The largest absolute Gasteiger partial charge is 0.337 e. The van der Waals surface area contributed by atoms with Gasteiger partial charge in [-0.1, -0.05) is 5.21 Å². The van der Waals surface area contributed by atoms with Crippen molar-refractivity contribution in [1.29, 1.82) is 0 Å². The number of carbonyl (C=O) groups is 1. The van der Waals surface area contributed by atoms with Crippen molar-refractivity contribution in [3.63, 3.8) is 0 Å². The Labute approximate surface area is 175 Å². The van der Waals surface area contributed by atoms with Gasteiger partial charge in [-0.25, -0.2) is 9.67 Å². The van der Waals surface area contributed by atoms with Crippen LogP contribution >= 0.6 is 36.2 Å². The zero-order chi connectivity index (χ0) is 17.2. The van der Waals surface area contributed by atoms with Crippen molar-refractivity contribution in [2.75, 3.05) is 26.2 Å². The van der Waals surface area contributed by atoms with E-state index >= 15 is 0 Å². The van der Waals surface area contributed by atoms with E-state index in [0.29, 0.717) is 17.7 Å². The van der Waals surface area contributed by atoms with Gasteiger partial charge in [0.15, 0.2) is 5.69 Å². The maximum Gasteiger partial charge on any atom is 0.276 e. The Hall–Kier alpha value is -1.22. The molecule has 0 radical (unpaired) electrons. The van der Waals surface area contributed by atoms with Crippen molar-refractivity contribution < 1.29 is 4.79 Å². The fourth-order valence-electron chi connectivity index (χ4n) is 3.71. The molecule has 7 nitrogen and oxygen atoms in total. The highest BCUT2D eigenvalue weighted by Crippen LogP contribution is 2.29. The summed E-state index contributed by atoms with van der Waals surface area (Å²) >= 11 is 1.70. The van der Waals surface area contributed by atoms with Gasteiger partial charge in [-0.2, -0.15) is 0 Å². The maximum absolute atomic E-state index is 12.9. The van der Waals surface area contributed by atoms with Crippen molar-refractivity contribution in [2.24, 2.45) is 0 Å². The third-order valence-corrected chi connectivity index (χ3v) is 6.23. The van der Waals surface area contributed by atoms with Gasteiger partial charge in [0.1, 0.15) is 0 Å². The van der Waals surface area contributed by atoms with E-state index in [9.17, 15) is 4.79 Å². The van der Waals surface area contributed by atoms with Gasteiger partial charge in [-0.15, -0.1) is 41.2 Å². The molecule has 0 aromatic carbocycles. The molecule has 1 N–H and O–H groups in total. The van der Waals surface area contributed by atoms with Crippen molar-refractivity contribution in [1.82, 2.24) is 30.2 Å². The second kappa shape index (κ2) is 9.82. The van der Waals surface area contributed by atoms with E-state index < -0.39 is 0 Å². The Balaban J connectivity index is 0.00000131. The van der Waals surface area contributed by atoms with E-state index in [1.807, 2.05) is 22.7 Å². The molecule has 2 saturated heterocycles. The first kappa shape index (κ1) is 22.1. The normalized spacial score (nSPS) is 20.6. The van der Waals surface area contributed by atoms with Crippen LogP contribution in [-0.4, -0.2) is 57.0 Å². The van der Waals surface area contributed by atoms with Gasteiger partial charge in [0.2, 0.25) is 0 Å². The lowest BCUT2D eigenvalue weighted by molar-refractivity contribution is 0.0701. The van der Waals surface area contributed by atoms with E-state index in [1.54, 1.807) is 11.3 Å². The first-order chi connectivity index (χ1) is 12.2. The van der Waals surface area contributed by atoms with Gasteiger partial charge < -0.3 is 10.2 Å². The number of hydrogen-bond donors (Lipinski definition) is 1. The molecule has 0 saturated carbocycles. The number of hydrogen-bond acceptors (Lipinski definition) is 6. The predicted molar refractivity (Wildman–Crippen MR) is 110 cm³/mol. The Morgan fingerprint density at radius 3 is 2.74 bits per heavy atom. The highest BCUT2D eigenvalue weighted by atomic mass is 35.5. The summed E-state index contributed by atoms with van der Waals surface area (Å²) in [6.45, 7) is 5.53. The highest BCUT2D eigenvalue weighted by Gasteiger charge is 2.29. The molecule has 4 rings (SSSR count). The number of piperidine rings is 2. The van der Waals surface area contributed by atoms with Crippen LogP contribution in [0.15, 0.2) is 11.6 Å². The van der Waals surface area contributed by atoms with Crippen molar-refractivity contribution in [2.45, 2.75) is 44.6 Å². The van der Waals surface area contributed by atoms with Crippen LogP contribution in [0.3, 0.4) is 0 Å². The van der Waals surface area contributed by atoms with Crippen LogP contribution in [0.4, 0.5) is 0 Å².